The van der Waals surface area contributed by atoms with Crippen molar-refractivity contribution in [3.63, 3.8) is 0 Å². The second kappa shape index (κ2) is 6.81. The molecule has 8 heteroatoms. The van der Waals surface area contributed by atoms with Crippen LogP contribution < -0.4 is 5.32 Å². The lowest BCUT2D eigenvalue weighted by Crippen LogP contribution is -2.69. The molecule has 0 radical (unpaired) electrons. The summed E-state index contributed by atoms with van der Waals surface area (Å²) >= 11 is 5.90. The summed E-state index contributed by atoms with van der Waals surface area (Å²) in [6.45, 7) is -1.07. The highest BCUT2D eigenvalue weighted by atomic mass is 35.5. The number of β-amino-alcohol motifs (C(OH)–C–C–N with tert-alkyl or cyclic N) is 1. The molecule has 1 amide bonds. The number of aliphatic hydroxyl groups is 1. The molecule has 1 aliphatic heterocycles. The molecule has 1 atom stereocenters. The first kappa shape index (κ1) is 18.5. The van der Waals surface area contributed by atoms with E-state index in [4.69, 9.17) is 11.6 Å². The summed E-state index contributed by atoms with van der Waals surface area (Å²) in [7, 11) is 0. The minimum absolute atomic E-state index is 0.112. The molecule has 0 saturated heterocycles. The molecule has 2 aromatic rings. The van der Waals surface area contributed by atoms with E-state index >= 15 is 0 Å². The third-order valence-electron chi connectivity index (χ3n) is 4.37. The number of carbonyl (C=O) groups excluding carboxylic acids is 1. The van der Waals surface area contributed by atoms with Gasteiger partial charge in [-0.05, 0) is 29.8 Å². The summed E-state index contributed by atoms with van der Waals surface area (Å²) in [5, 5.41) is 12.0. The zero-order valence-electron chi connectivity index (χ0n) is 13.6. The summed E-state index contributed by atoms with van der Waals surface area (Å²) in [6.07, 6.45) is -5.28. The van der Waals surface area contributed by atoms with Crippen LogP contribution >= 0.6 is 11.6 Å². The Balaban J connectivity index is 2.17. The number of carbonyl (C=O) groups is 1. The highest BCUT2D eigenvalue weighted by Crippen LogP contribution is 2.43. The van der Waals surface area contributed by atoms with Gasteiger partial charge in [-0.15, -0.1) is 0 Å². The maximum Gasteiger partial charge on any atom is 0.430 e. The molecule has 138 valence electrons. The van der Waals surface area contributed by atoms with Crippen LogP contribution in [0.25, 0.3) is 0 Å². The van der Waals surface area contributed by atoms with Crippen molar-refractivity contribution in [1.82, 2.24) is 4.90 Å². The quantitative estimate of drug-likeness (QED) is 0.845. The second-order valence-corrected chi connectivity index (χ2v) is 6.44. The van der Waals surface area contributed by atoms with E-state index in [2.05, 4.69) is 5.32 Å². The van der Waals surface area contributed by atoms with E-state index in [-0.39, 0.29) is 21.8 Å². The predicted octanol–water partition coefficient (Wildman–Crippen LogP) is 3.70. The Labute approximate surface area is 153 Å². The van der Waals surface area contributed by atoms with E-state index in [1.807, 2.05) is 0 Å². The molecule has 0 fully saturated rings. The maximum absolute atomic E-state index is 14.2. The van der Waals surface area contributed by atoms with Crippen molar-refractivity contribution in [2.24, 2.45) is 0 Å². The summed E-state index contributed by atoms with van der Waals surface area (Å²) in [6, 6.07) is 12.1. The minimum atomic E-state index is -4.79. The molecule has 0 bridgehead atoms. The van der Waals surface area contributed by atoms with Gasteiger partial charge in [-0.25, -0.2) is 0 Å². The van der Waals surface area contributed by atoms with Gasteiger partial charge in [0.1, 0.15) is 0 Å². The Morgan fingerprint density at radius 2 is 1.88 bits per heavy atom. The number of alkyl halides is 3. The summed E-state index contributed by atoms with van der Waals surface area (Å²) < 4.78 is 42.7. The number of para-hydroxylation sites is 1. The van der Waals surface area contributed by atoms with Crippen LogP contribution in [0.15, 0.2) is 48.5 Å². The highest BCUT2D eigenvalue weighted by Gasteiger charge is 2.62. The van der Waals surface area contributed by atoms with Crippen LogP contribution in [0.1, 0.15) is 15.9 Å². The van der Waals surface area contributed by atoms with Crippen LogP contribution in [0, 0.1) is 0 Å². The number of halogens is 4. The lowest BCUT2D eigenvalue weighted by atomic mass is 9.87. The molecule has 0 spiro atoms. The average molecular weight is 385 g/mol. The van der Waals surface area contributed by atoms with Crippen molar-refractivity contribution in [2.45, 2.75) is 18.3 Å². The van der Waals surface area contributed by atoms with Crippen LogP contribution in [-0.4, -0.2) is 40.9 Å². The number of hydrogen-bond donors (Lipinski definition) is 2. The first-order valence-electron chi connectivity index (χ1n) is 7.90. The highest BCUT2D eigenvalue weighted by molar-refractivity contribution is 6.31. The average Bonchev–Trinajstić information content (AvgIpc) is 2.59. The SMILES string of the molecule is O=C1c2cc(Cl)ccc2CC(Nc2ccccc2)(C(F)(F)F)N1CCO. The fourth-order valence-electron chi connectivity index (χ4n) is 3.18. The van der Waals surface area contributed by atoms with Gasteiger partial charge in [0.15, 0.2) is 0 Å². The molecular weight excluding hydrogens is 369 g/mol. The second-order valence-electron chi connectivity index (χ2n) is 6.01. The summed E-state index contributed by atoms with van der Waals surface area (Å²) in [5.74, 6) is -0.830. The summed E-state index contributed by atoms with van der Waals surface area (Å²) in [5.41, 5.74) is -2.09. The Hall–Kier alpha value is -2.25. The Kier molecular flexibility index (Phi) is 4.86. The van der Waals surface area contributed by atoms with Crippen LogP contribution in [0.3, 0.4) is 0 Å². The third kappa shape index (κ3) is 3.12. The van der Waals surface area contributed by atoms with Crippen molar-refractivity contribution in [2.75, 3.05) is 18.5 Å². The molecule has 0 aliphatic carbocycles. The van der Waals surface area contributed by atoms with Gasteiger partial charge in [-0.3, -0.25) is 4.79 Å². The Morgan fingerprint density at radius 3 is 2.50 bits per heavy atom. The lowest BCUT2D eigenvalue weighted by Gasteiger charge is -2.48. The van der Waals surface area contributed by atoms with Gasteiger partial charge in [0, 0.05) is 29.2 Å². The molecule has 1 heterocycles. The standard InChI is InChI=1S/C18H16ClF3N2O2/c19-13-7-6-12-11-17(18(20,21)22,23-14-4-2-1-3-5-14)24(8-9-25)16(26)15(12)10-13/h1-7,10,23,25H,8-9,11H2. The topological polar surface area (TPSA) is 52.6 Å². The predicted molar refractivity (Wildman–Crippen MR) is 92.1 cm³/mol. The molecule has 3 rings (SSSR count). The van der Waals surface area contributed by atoms with Gasteiger partial charge >= 0.3 is 6.18 Å². The van der Waals surface area contributed by atoms with Crippen LogP contribution in [0.4, 0.5) is 18.9 Å². The molecule has 26 heavy (non-hydrogen) atoms. The van der Waals surface area contributed by atoms with Crippen molar-refractivity contribution < 1.29 is 23.1 Å². The monoisotopic (exact) mass is 384 g/mol. The fourth-order valence-corrected chi connectivity index (χ4v) is 3.35. The number of amides is 1. The largest absolute Gasteiger partial charge is 0.430 e. The van der Waals surface area contributed by atoms with E-state index in [1.165, 1.54) is 30.3 Å². The van der Waals surface area contributed by atoms with Crippen molar-refractivity contribution in [1.29, 1.82) is 0 Å². The minimum Gasteiger partial charge on any atom is -0.395 e. The van der Waals surface area contributed by atoms with Crippen LogP contribution in [-0.2, 0) is 6.42 Å². The number of anilines is 1. The Bertz CT molecular complexity index is 814. The number of fused-ring (bicyclic) bond motifs is 1. The van der Waals surface area contributed by atoms with Gasteiger partial charge in [-0.2, -0.15) is 13.2 Å². The van der Waals surface area contributed by atoms with Crippen molar-refractivity contribution in [3.05, 3.63) is 64.7 Å². The van der Waals surface area contributed by atoms with Gasteiger partial charge in [-0.1, -0.05) is 35.9 Å². The number of aliphatic hydroxyl groups excluding tert-OH is 1. The molecule has 1 aliphatic rings. The molecule has 4 nitrogen and oxygen atoms in total. The van der Waals surface area contributed by atoms with Crippen molar-refractivity contribution >= 4 is 23.2 Å². The van der Waals surface area contributed by atoms with Crippen LogP contribution in [0.5, 0.6) is 0 Å². The molecule has 2 aromatic carbocycles. The molecule has 0 aromatic heterocycles. The van der Waals surface area contributed by atoms with Crippen molar-refractivity contribution in [3.8, 4) is 0 Å². The molecular formula is C18H16ClF3N2O2. The van der Waals surface area contributed by atoms with Gasteiger partial charge in [0.2, 0.25) is 5.66 Å². The molecule has 1 unspecified atom stereocenters. The normalized spacial score (nSPS) is 20.0. The van der Waals surface area contributed by atoms with E-state index in [0.717, 1.165) is 0 Å². The van der Waals surface area contributed by atoms with Gasteiger partial charge in [0.05, 0.1) is 6.61 Å². The van der Waals surface area contributed by atoms with E-state index in [1.54, 1.807) is 18.2 Å². The number of nitrogens with one attached hydrogen (secondary N) is 1. The number of hydrogen-bond acceptors (Lipinski definition) is 3. The fraction of sp³-hybridized carbons (Fsp3) is 0.278. The maximum atomic E-state index is 14.2. The summed E-state index contributed by atoms with van der Waals surface area (Å²) in [4.78, 5) is 13.5. The number of rotatable bonds is 4. The smallest absolute Gasteiger partial charge is 0.395 e. The molecule has 0 saturated carbocycles. The molecule has 2 N–H and O–H groups in total. The Morgan fingerprint density at radius 1 is 1.19 bits per heavy atom. The third-order valence-corrected chi connectivity index (χ3v) is 4.61. The first-order valence-corrected chi connectivity index (χ1v) is 8.27. The zero-order chi connectivity index (χ0) is 18.9. The van der Waals surface area contributed by atoms with Gasteiger partial charge in [0.25, 0.3) is 5.91 Å². The van der Waals surface area contributed by atoms with E-state index in [0.29, 0.717) is 4.90 Å². The van der Waals surface area contributed by atoms with Crippen LogP contribution in [0.2, 0.25) is 5.02 Å². The first-order chi connectivity index (χ1) is 12.3. The number of nitrogens with zero attached hydrogens (tertiary/aromatic N) is 1. The van der Waals surface area contributed by atoms with E-state index in [9.17, 15) is 23.1 Å². The zero-order valence-corrected chi connectivity index (χ0v) is 14.3. The number of benzene rings is 2. The van der Waals surface area contributed by atoms with Gasteiger partial charge < -0.3 is 15.3 Å². The lowest BCUT2D eigenvalue weighted by molar-refractivity contribution is -0.216. The van der Waals surface area contributed by atoms with E-state index < -0.39 is 37.3 Å².